The molecule has 0 N–H and O–H groups in total. The third kappa shape index (κ3) is 3.40. The molecule has 0 fully saturated rings. The number of hydrogen-bond acceptors (Lipinski definition) is 4. The molecule has 4 nitrogen and oxygen atoms in total. The lowest BCUT2D eigenvalue weighted by molar-refractivity contribution is 0.280. The second kappa shape index (κ2) is 7.75. The Labute approximate surface area is 193 Å². The van der Waals surface area contributed by atoms with E-state index < -0.39 is 0 Å². The first-order chi connectivity index (χ1) is 16.2. The summed E-state index contributed by atoms with van der Waals surface area (Å²) in [6.45, 7) is 0. The number of benzene rings is 4. The van der Waals surface area contributed by atoms with Gasteiger partial charge in [0.05, 0.1) is 11.4 Å². The summed E-state index contributed by atoms with van der Waals surface area (Å²) in [4.78, 5) is 4.23. The zero-order valence-corrected chi connectivity index (χ0v) is 18.6. The lowest BCUT2D eigenvalue weighted by Crippen LogP contribution is -2.28. The molecule has 0 spiro atoms. The van der Waals surface area contributed by atoms with Gasteiger partial charge in [-0.1, -0.05) is 66.8 Å². The van der Waals surface area contributed by atoms with Crippen molar-refractivity contribution in [2.75, 3.05) is 23.9 Å². The van der Waals surface area contributed by atoms with Crippen LogP contribution in [0, 0.1) is 0 Å². The normalized spacial score (nSPS) is 18.5. The Morgan fingerprint density at radius 1 is 0.697 bits per heavy atom. The smallest absolute Gasteiger partial charge is 0.200 e. The Balaban J connectivity index is 1.15. The van der Waals surface area contributed by atoms with Crippen LogP contribution in [-0.2, 0) is 0 Å². The van der Waals surface area contributed by atoms with Gasteiger partial charge in [-0.3, -0.25) is 0 Å². The van der Waals surface area contributed by atoms with Crippen molar-refractivity contribution in [2.24, 2.45) is 0 Å². The number of fused-ring (bicyclic) bond motifs is 4. The molecule has 4 aromatic rings. The predicted octanol–water partition coefficient (Wildman–Crippen LogP) is 6.63. The van der Waals surface area contributed by atoms with Gasteiger partial charge in [0, 0.05) is 14.1 Å². The number of hydrogen-bond donors (Lipinski definition) is 0. The van der Waals surface area contributed by atoms with E-state index in [9.17, 15) is 0 Å². The van der Waals surface area contributed by atoms with Crippen molar-refractivity contribution in [1.29, 1.82) is 0 Å². The third-order valence-electron chi connectivity index (χ3n) is 6.31. The molecule has 162 valence electrons. The van der Waals surface area contributed by atoms with Crippen molar-refractivity contribution >= 4 is 32.9 Å². The van der Waals surface area contributed by atoms with Crippen LogP contribution in [0.1, 0.15) is 0 Å². The van der Waals surface area contributed by atoms with E-state index in [1.807, 2.05) is 37.4 Å². The van der Waals surface area contributed by atoms with Gasteiger partial charge >= 0.3 is 0 Å². The van der Waals surface area contributed by atoms with E-state index in [1.165, 1.54) is 21.5 Å². The van der Waals surface area contributed by atoms with Gasteiger partial charge in [0.25, 0.3) is 0 Å². The lowest BCUT2D eigenvalue weighted by Gasteiger charge is -2.16. The Bertz CT molecular complexity index is 1470. The number of allylic oxidation sites excluding steroid dienone is 4. The highest BCUT2D eigenvalue weighted by Crippen LogP contribution is 2.41. The van der Waals surface area contributed by atoms with Crippen molar-refractivity contribution in [2.45, 2.75) is 6.23 Å². The van der Waals surface area contributed by atoms with E-state index in [1.54, 1.807) is 0 Å². The van der Waals surface area contributed by atoms with Crippen LogP contribution in [0.25, 0.3) is 21.5 Å². The summed E-state index contributed by atoms with van der Waals surface area (Å²) in [6.07, 6.45) is 9.91. The van der Waals surface area contributed by atoms with Crippen molar-refractivity contribution in [3.8, 4) is 11.5 Å². The highest BCUT2D eigenvalue weighted by Gasteiger charge is 2.26. The maximum Gasteiger partial charge on any atom is 0.200 e. The molecular weight excluding hydrogens is 408 g/mol. The molecule has 1 atom stereocenters. The van der Waals surface area contributed by atoms with Gasteiger partial charge in [-0.25, -0.2) is 0 Å². The molecular formula is C29H24N2O2. The Morgan fingerprint density at radius 3 is 2.00 bits per heavy atom. The first-order valence-corrected chi connectivity index (χ1v) is 11.1. The average Bonchev–Trinajstić information content (AvgIpc) is 3.31. The van der Waals surface area contributed by atoms with E-state index in [4.69, 9.17) is 9.47 Å². The van der Waals surface area contributed by atoms with Gasteiger partial charge in [-0.05, 0) is 58.0 Å². The van der Waals surface area contributed by atoms with Gasteiger partial charge in [-0.2, -0.15) is 0 Å². The number of likely N-dealkylation sites (N-methyl/N-ethyl adjacent to an activating group) is 1. The van der Waals surface area contributed by atoms with Gasteiger partial charge in [-0.15, -0.1) is 0 Å². The summed E-state index contributed by atoms with van der Waals surface area (Å²) in [5.41, 5.74) is 2.19. The molecule has 0 saturated carbocycles. The minimum absolute atomic E-state index is 0.129. The molecule has 2 aliphatic rings. The van der Waals surface area contributed by atoms with E-state index in [2.05, 4.69) is 89.7 Å². The summed E-state index contributed by atoms with van der Waals surface area (Å²) in [5, 5.41) is 4.80. The molecule has 0 bridgehead atoms. The fraction of sp³-hybridized carbons (Fsp3) is 0.103. The van der Waals surface area contributed by atoms with Crippen LogP contribution in [0.2, 0.25) is 0 Å². The molecule has 33 heavy (non-hydrogen) atoms. The average molecular weight is 433 g/mol. The Kier molecular flexibility index (Phi) is 4.58. The van der Waals surface area contributed by atoms with Gasteiger partial charge in [0.1, 0.15) is 5.75 Å². The van der Waals surface area contributed by atoms with Crippen molar-refractivity contribution in [1.82, 2.24) is 0 Å². The van der Waals surface area contributed by atoms with Crippen molar-refractivity contribution in [3.05, 3.63) is 109 Å². The quantitative estimate of drug-likeness (QED) is 0.339. The fourth-order valence-corrected chi connectivity index (χ4v) is 4.45. The topological polar surface area (TPSA) is 24.9 Å². The summed E-state index contributed by atoms with van der Waals surface area (Å²) in [6, 6.07) is 25.3. The molecule has 0 amide bonds. The second-order valence-corrected chi connectivity index (χ2v) is 8.39. The van der Waals surface area contributed by atoms with Crippen LogP contribution in [0.15, 0.2) is 109 Å². The zero-order chi connectivity index (χ0) is 22.4. The summed E-state index contributed by atoms with van der Waals surface area (Å²) >= 11 is 0. The number of nitrogens with zero attached hydrogens (tertiary/aromatic N) is 2. The van der Waals surface area contributed by atoms with Crippen LogP contribution in [0.4, 0.5) is 11.4 Å². The Hall–Kier alpha value is -4.18. The summed E-state index contributed by atoms with van der Waals surface area (Å²) in [7, 11) is 4.09. The SMILES string of the molecule is CN1\C(=C/C=C/C=C/C2Oc3cc4ccccc4cc3N2C)Oc2cc3ccccc3cc21. The van der Waals surface area contributed by atoms with Gasteiger partial charge in [0.2, 0.25) is 0 Å². The molecule has 4 heteroatoms. The predicted molar refractivity (Wildman–Crippen MR) is 136 cm³/mol. The minimum Gasteiger partial charge on any atom is -0.465 e. The van der Waals surface area contributed by atoms with Gasteiger partial charge in [0.15, 0.2) is 17.9 Å². The van der Waals surface area contributed by atoms with E-state index in [0.717, 1.165) is 28.8 Å². The summed E-state index contributed by atoms with van der Waals surface area (Å²) < 4.78 is 12.2. The minimum atomic E-state index is -0.129. The Morgan fingerprint density at radius 2 is 1.30 bits per heavy atom. The largest absolute Gasteiger partial charge is 0.465 e. The number of ether oxygens (including phenoxy) is 2. The molecule has 2 aliphatic heterocycles. The molecule has 0 aliphatic carbocycles. The molecule has 4 aromatic carbocycles. The third-order valence-corrected chi connectivity index (χ3v) is 6.31. The first-order valence-electron chi connectivity index (χ1n) is 11.1. The van der Waals surface area contributed by atoms with Crippen LogP contribution < -0.4 is 19.3 Å². The highest BCUT2D eigenvalue weighted by atomic mass is 16.5. The fourth-order valence-electron chi connectivity index (χ4n) is 4.45. The lowest BCUT2D eigenvalue weighted by atomic mass is 10.1. The van der Waals surface area contributed by atoms with Crippen LogP contribution >= 0.6 is 0 Å². The molecule has 6 rings (SSSR count). The molecule has 2 heterocycles. The molecule has 1 unspecified atom stereocenters. The van der Waals surface area contributed by atoms with Crippen LogP contribution in [0.3, 0.4) is 0 Å². The van der Waals surface area contributed by atoms with Gasteiger partial charge < -0.3 is 19.3 Å². The molecule has 0 saturated heterocycles. The summed E-state index contributed by atoms with van der Waals surface area (Å²) in [5.74, 6) is 2.61. The van der Waals surface area contributed by atoms with Crippen molar-refractivity contribution < 1.29 is 9.47 Å². The van der Waals surface area contributed by atoms with E-state index in [0.29, 0.717) is 0 Å². The molecule has 0 radical (unpaired) electrons. The zero-order valence-electron chi connectivity index (χ0n) is 18.6. The number of anilines is 2. The standard InChI is InChI=1S/C29H24N2O2/c1-30-24-16-20-10-6-8-12-22(20)18-26(24)32-28(30)14-4-3-5-15-29-31(2)25-17-21-11-7-9-13-23(21)19-27(25)33-29/h3-19,28H,1-2H3/b5-3+,14-4+,29-15+. The molecule has 0 aromatic heterocycles. The van der Waals surface area contributed by atoms with Crippen LogP contribution in [-0.4, -0.2) is 20.3 Å². The van der Waals surface area contributed by atoms with Crippen LogP contribution in [0.5, 0.6) is 11.5 Å². The first kappa shape index (κ1) is 19.5. The maximum absolute atomic E-state index is 6.16. The number of rotatable bonds is 3. The monoisotopic (exact) mass is 432 g/mol. The van der Waals surface area contributed by atoms with E-state index >= 15 is 0 Å². The second-order valence-electron chi connectivity index (χ2n) is 8.39. The highest BCUT2D eigenvalue weighted by molar-refractivity contribution is 5.91. The van der Waals surface area contributed by atoms with E-state index in [-0.39, 0.29) is 6.23 Å². The maximum atomic E-state index is 6.16. The van der Waals surface area contributed by atoms with Crippen molar-refractivity contribution in [3.63, 3.8) is 0 Å².